The van der Waals surface area contributed by atoms with Crippen molar-refractivity contribution < 1.29 is 13.9 Å². The van der Waals surface area contributed by atoms with E-state index in [-0.39, 0.29) is 25.0 Å². The van der Waals surface area contributed by atoms with Crippen LogP contribution < -0.4 is 0 Å². The quantitative estimate of drug-likeness (QED) is 0.770. The molecule has 3 rings (SSSR count). The molecule has 0 aliphatic rings. The highest BCUT2D eigenvalue weighted by molar-refractivity contribution is 5.54. The Balaban J connectivity index is 2.05. The van der Waals surface area contributed by atoms with Crippen LogP contribution in [0.15, 0.2) is 24.3 Å². The van der Waals surface area contributed by atoms with Crippen LogP contribution in [0.4, 0.5) is 8.78 Å². The molecule has 0 fully saturated rings. The molecule has 0 spiro atoms. The molecule has 1 aromatic carbocycles. The topological polar surface area (TPSA) is 68.8 Å². The molecule has 8 heteroatoms. The number of rotatable bonds is 5. The van der Waals surface area contributed by atoms with Crippen molar-refractivity contribution in [3.05, 3.63) is 53.1 Å². The van der Waals surface area contributed by atoms with E-state index in [1.807, 2.05) is 31.5 Å². The summed E-state index contributed by atoms with van der Waals surface area (Å²) >= 11 is 0. The lowest BCUT2D eigenvalue weighted by Crippen LogP contribution is -2.18. The Morgan fingerprint density at radius 3 is 2.48 bits per heavy atom. The SMILES string of the molecule is Cc1cc(C)n(C(C)c2nc(-c3ccc(F)c(F)c3)nn2CCO)n1. The first-order valence-corrected chi connectivity index (χ1v) is 7.94. The highest BCUT2D eigenvalue weighted by Crippen LogP contribution is 2.23. The Morgan fingerprint density at radius 2 is 1.88 bits per heavy atom. The normalized spacial score (nSPS) is 12.6. The molecule has 25 heavy (non-hydrogen) atoms. The number of hydrogen-bond acceptors (Lipinski definition) is 4. The Kier molecular flexibility index (Phi) is 4.63. The molecule has 0 aliphatic heterocycles. The van der Waals surface area contributed by atoms with Gasteiger partial charge in [-0.3, -0.25) is 4.68 Å². The average molecular weight is 347 g/mol. The highest BCUT2D eigenvalue weighted by Gasteiger charge is 2.21. The minimum Gasteiger partial charge on any atom is -0.394 e. The summed E-state index contributed by atoms with van der Waals surface area (Å²) in [4.78, 5) is 4.49. The molecule has 2 heterocycles. The van der Waals surface area contributed by atoms with Crippen LogP contribution in [0.25, 0.3) is 11.4 Å². The van der Waals surface area contributed by atoms with Gasteiger partial charge in [0.1, 0.15) is 6.04 Å². The highest BCUT2D eigenvalue weighted by atomic mass is 19.2. The number of halogens is 2. The van der Waals surface area contributed by atoms with Gasteiger partial charge in [0.15, 0.2) is 23.3 Å². The van der Waals surface area contributed by atoms with E-state index in [1.54, 1.807) is 4.68 Å². The number of aliphatic hydroxyl groups excluding tert-OH is 1. The molecule has 0 saturated heterocycles. The van der Waals surface area contributed by atoms with Crippen LogP contribution in [0.2, 0.25) is 0 Å². The molecule has 1 N–H and O–H groups in total. The van der Waals surface area contributed by atoms with Gasteiger partial charge >= 0.3 is 0 Å². The molecule has 0 saturated carbocycles. The van der Waals surface area contributed by atoms with Crippen molar-refractivity contribution in [2.75, 3.05) is 6.61 Å². The first-order valence-electron chi connectivity index (χ1n) is 7.94. The molecule has 0 amide bonds. The summed E-state index contributed by atoms with van der Waals surface area (Å²) in [5.41, 5.74) is 2.23. The molecule has 1 atom stereocenters. The molecule has 1 unspecified atom stereocenters. The van der Waals surface area contributed by atoms with Crippen LogP contribution in [0, 0.1) is 25.5 Å². The number of benzene rings is 1. The molecule has 2 aromatic heterocycles. The number of aryl methyl sites for hydroxylation is 2. The predicted molar refractivity (Wildman–Crippen MR) is 88.0 cm³/mol. The molecule has 0 aliphatic carbocycles. The predicted octanol–water partition coefficient (Wildman–Crippen LogP) is 2.64. The van der Waals surface area contributed by atoms with E-state index >= 15 is 0 Å². The first-order chi connectivity index (χ1) is 11.9. The third-order valence-corrected chi connectivity index (χ3v) is 3.98. The maximum atomic E-state index is 13.5. The van der Waals surface area contributed by atoms with E-state index in [0.29, 0.717) is 11.4 Å². The van der Waals surface area contributed by atoms with Gasteiger partial charge in [0, 0.05) is 11.3 Å². The van der Waals surface area contributed by atoms with E-state index in [1.165, 1.54) is 6.07 Å². The lowest BCUT2D eigenvalue weighted by Gasteiger charge is -2.14. The summed E-state index contributed by atoms with van der Waals surface area (Å²) in [7, 11) is 0. The Morgan fingerprint density at radius 1 is 1.12 bits per heavy atom. The smallest absolute Gasteiger partial charge is 0.181 e. The molecule has 0 radical (unpaired) electrons. The van der Waals surface area contributed by atoms with Gasteiger partial charge < -0.3 is 5.11 Å². The van der Waals surface area contributed by atoms with Gasteiger partial charge in [-0.25, -0.2) is 18.4 Å². The summed E-state index contributed by atoms with van der Waals surface area (Å²) in [6, 6.07) is 5.26. The van der Waals surface area contributed by atoms with Gasteiger partial charge in [-0.1, -0.05) is 0 Å². The number of nitrogens with zero attached hydrogens (tertiary/aromatic N) is 5. The zero-order valence-electron chi connectivity index (χ0n) is 14.2. The lowest BCUT2D eigenvalue weighted by molar-refractivity contribution is 0.264. The summed E-state index contributed by atoms with van der Waals surface area (Å²) in [5, 5.41) is 18.1. The van der Waals surface area contributed by atoms with Crippen molar-refractivity contribution in [1.29, 1.82) is 0 Å². The van der Waals surface area contributed by atoms with Crippen molar-refractivity contribution in [3.63, 3.8) is 0 Å². The lowest BCUT2D eigenvalue weighted by atomic mass is 10.2. The Hall–Kier alpha value is -2.61. The van der Waals surface area contributed by atoms with Crippen molar-refractivity contribution in [2.24, 2.45) is 0 Å². The van der Waals surface area contributed by atoms with Gasteiger partial charge in [-0.05, 0) is 45.0 Å². The van der Waals surface area contributed by atoms with Crippen LogP contribution in [-0.4, -0.2) is 36.3 Å². The second kappa shape index (κ2) is 6.72. The summed E-state index contributed by atoms with van der Waals surface area (Å²) in [6.45, 7) is 5.90. The largest absolute Gasteiger partial charge is 0.394 e. The van der Waals surface area contributed by atoms with Crippen molar-refractivity contribution in [2.45, 2.75) is 33.4 Å². The fourth-order valence-electron chi connectivity index (χ4n) is 2.83. The Labute approximate surface area is 143 Å². The van der Waals surface area contributed by atoms with Gasteiger partial charge in [0.05, 0.1) is 18.8 Å². The maximum absolute atomic E-state index is 13.5. The third-order valence-electron chi connectivity index (χ3n) is 3.98. The van der Waals surface area contributed by atoms with Crippen LogP contribution in [0.1, 0.15) is 30.2 Å². The van der Waals surface area contributed by atoms with E-state index in [9.17, 15) is 13.9 Å². The van der Waals surface area contributed by atoms with E-state index in [0.717, 1.165) is 23.5 Å². The van der Waals surface area contributed by atoms with Gasteiger partial charge in [0.2, 0.25) is 0 Å². The molecular weight excluding hydrogens is 328 g/mol. The molecule has 6 nitrogen and oxygen atoms in total. The summed E-state index contributed by atoms with van der Waals surface area (Å²) < 4.78 is 30.0. The first kappa shape index (κ1) is 17.2. The van der Waals surface area contributed by atoms with Crippen LogP contribution >= 0.6 is 0 Å². The molecular formula is C17H19F2N5O. The van der Waals surface area contributed by atoms with Gasteiger partial charge in [-0.2, -0.15) is 10.2 Å². The second-order valence-electron chi connectivity index (χ2n) is 5.92. The van der Waals surface area contributed by atoms with Gasteiger partial charge in [-0.15, -0.1) is 0 Å². The zero-order valence-corrected chi connectivity index (χ0v) is 14.2. The fourth-order valence-corrected chi connectivity index (χ4v) is 2.83. The number of hydrogen-bond donors (Lipinski definition) is 1. The van der Waals surface area contributed by atoms with E-state index in [4.69, 9.17) is 0 Å². The average Bonchev–Trinajstić information content (AvgIpc) is 3.13. The fraction of sp³-hybridized carbons (Fsp3) is 0.353. The zero-order chi connectivity index (χ0) is 18.1. The minimum atomic E-state index is -0.954. The van der Waals surface area contributed by atoms with Crippen molar-refractivity contribution in [1.82, 2.24) is 24.5 Å². The maximum Gasteiger partial charge on any atom is 0.181 e. The van der Waals surface area contributed by atoms with Gasteiger partial charge in [0.25, 0.3) is 0 Å². The molecule has 132 valence electrons. The summed E-state index contributed by atoms with van der Waals surface area (Å²) in [5.74, 6) is -1.02. The molecule has 3 aromatic rings. The molecule has 0 bridgehead atoms. The van der Waals surface area contributed by atoms with Crippen LogP contribution in [-0.2, 0) is 6.54 Å². The minimum absolute atomic E-state index is 0.114. The number of aliphatic hydroxyl groups is 1. The van der Waals surface area contributed by atoms with Crippen molar-refractivity contribution in [3.8, 4) is 11.4 Å². The van der Waals surface area contributed by atoms with Crippen LogP contribution in [0.5, 0.6) is 0 Å². The number of aromatic nitrogens is 5. The second-order valence-corrected chi connectivity index (χ2v) is 5.92. The monoisotopic (exact) mass is 347 g/mol. The standard InChI is InChI=1S/C17H19F2N5O/c1-10-8-11(2)24(21-10)12(3)17-20-16(22-23(17)6-7-25)13-4-5-14(18)15(19)9-13/h4-5,8-9,12,25H,6-7H2,1-3H3. The van der Waals surface area contributed by atoms with E-state index in [2.05, 4.69) is 15.2 Å². The Bertz CT molecular complexity index is 903. The van der Waals surface area contributed by atoms with E-state index < -0.39 is 11.6 Å². The van der Waals surface area contributed by atoms with Crippen LogP contribution in [0.3, 0.4) is 0 Å². The van der Waals surface area contributed by atoms with Crippen molar-refractivity contribution >= 4 is 0 Å². The third kappa shape index (κ3) is 3.30. The summed E-state index contributed by atoms with van der Waals surface area (Å²) in [6.07, 6.45) is 0.